The maximum atomic E-state index is 13.3. The zero-order chi connectivity index (χ0) is 19.0. The number of esters is 1. The Morgan fingerprint density at radius 1 is 1.04 bits per heavy atom. The summed E-state index contributed by atoms with van der Waals surface area (Å²) in [5.41, 5.74) is 3.67. The summed E-state index contributed by atoms with van der Waals surface area (Å²) >= 11 is 0. The molecule has 0 unspecified atom stereocenters. The van der Waals surface area contributed by atoms with Crippen molar-refractivity contribution in [2.45, 2.75) is 6.92 Å². The molecule has 6 heteroatoms. The van der Waals surface area contributed by atoms with Crippen LogP contribution in [0.1, 0.15) is 16.1 Å². The van der Waals surface area contributed by atoms with Crippen LogP contribution in [0.3, 0.4) is 0 Å². The van der Waals surface area contributed by atoms with Crippen LogP contribution in [0.25, 0.3) is 28.2 Å². The minimum Gasteiger partial charge on any atom is -0.465 e. The molecule has 0 aliphatic carbocycles. The Labute approximate surface area is 155 Å². The number of hydrogen-bond acceptors (Lipinski definition) is 4. The Bertz CT molecular complexity index is 1140. The second-order valence-corrected chi connectivity index (χ2v) is 6.11. The van der Waals surface area contributed by atoms with Gasteiger partial charge in [0.25, 0.3) is 0 Å². The van der Waals surface area contributed by atoms with E-state index in [4.69, 9.17) is 4.74 Å². The van der Waals surface area contributed by atoms with Gasteiger partial charge in [0, 0.05) is 16.8 Å². The van der Waals surface area contributed by atoms with Gasteiger partial charge in [-0.25, -0.2) is 18.7 Å². The molecule has 0 saturated heterocycles. The summed E-state index contributed by atoms with van der Waals surface area (Å²) in [5.74, 6) is -0.351. The average molecular weight is 361 g/mol. The number of carbonyl (C=O) groups is 1. The predicted octanol–water partition coefficient (Wildman–Crippen LogP) is 4.30. The van der Waals surface area contributed by atoms with E-state index in [1.54, 1.807) is 16.6 Å². The first-order valence-electron chi connectivity index (χ1n) is 8.38. The number of carbonyl (C=O) groups excluding carboxylic acids is 1. The van der Waals surface area contributed by atoms with Crippen molar-refractivity contribution in [1.82, 2.24) is 14.6 Å². The largest absolute Gasteiger partial charge is 0.465 e. The van der Waals surface area contributed by atoms with Gasteiger partial charge < -0.3 is 4.74 Å². The van der Waals surface area contributed by atoms with Crippen molar-refractivity contribution in [2.75, 3.05) is 7.11 Å². The Morgan fingerprint density at radius 3 is 2.41 bits per heavy atom. The number of methoxy groups -OCH3 is 1. The van der Waals surface area contributed by atoms with Crippen molar-refractivity contribution in [1.29, 1.82) is 0 Å². The van der Waals surface area contributed by atoms with Crippen molar-refractivity contribution < 1.29 is 13.9 Å². The first-order chi connectivity index (χ1) is 13.1. The number of ether oxygens (including phenoxy) is 1. The van der Waals surface area contributed by atoms with Crippen molar-refractivity contribution in [3.05, 3.63) is 77.7 Å². The molecule has 2 heterocycles. The average Bonchev–Trinajstić information content (AvgIpc) is 3.14. The molecule has 2 aromatic heterocycles. The van der Waals surface area contributed by atoms with Gasteiger partial charge in [-0.1, -0.05) is 42.5 Å². The standard InChI is InChI=1S/C21H16FN3O2/c1-13-12-17(14-8-10-16(22)11-9-14)18(21(26)27-2)20-23-19(24-25(13)20)15-6-4-3-5-7-15/h3-12H,1-2H3. The molecule has 134 valence electrons. The molecule has 4 aromatic rings. The molecule has 0 saturated carbocycles. The lowest BCUT2D eigenvalue weighted by molar-refractivity contribution is 0.0603. The topological polar surface area (TPSA) is 56.5 Å². The van der Waals surface area contributed by atoms with Gasteiger partial charge in [0.1, 0.15) is 11.4 Å². The predicted molar refractivity (Wildman–Crippen MR) is 99.9 cm³/mol. The summed E-state index contributed by atoms with van der Waals surface area (Å²) < 4.78 is 20.0. The second kappa shape index (κ2) is 6.64. The van der Waals surface area contributed by atoms with E-state index in [9.17, 15) is 9.18 Å². The zero-order valence-corrected chi connectivity index (χ0v) is 14.8. The van der Waals surface area contributed by atoms with Crippen molar-refractivity contribution >= 4 is 11.6 Å². The molecular formula is C21H16FN3O2. The van der Waals surface area contributed by atoms with E-state index in [-0.39, 0.29) is 5.82 Å². The number of benzene rings is 2. The van der Waals surface area contributed by atoms with Gasteiger partial charge in [0.2, 0.25) is 0 Å². The van der Waals surface area contributed by atoms with E-state index in [2.05, 4.69) is 10.1 Å². The van der Waals surface area contributed by atoms with Crippen molar-refractivity contribution in [3.63, 3.8) is 0 Å². The highest BCUT2D eigenvalue weighted by Gasteiger charge is 2.22. The highest BCUT2D eigenvalue weighted by Crippen LogP contribution is 2.30. The third-order valence-electron chi connectivity index (χ3n) is 4.36. The van der Waals surface area contributed by atoms with E-state index in [0.717, 1.165) is 11.3 Å². The highest BCUT2D eigenvalue weighted by molar-refractivity contribution is 6.03. The quantitative estimate of drug-likeness (QED) is 0.511. The van der Waals surface area contributed by atoms with Gasteiger partial charge in [-0.05, 0) is 30.7 Å². The van der Waals surface area contributed by atoms with Gasteiger partial charge in [0.05, 0.1) is 7.11 Å². The maximum Gasteiger partial charge on any atom is 0.342 e. The molecule has 0 aliphatic rings. The molecule has 0 aliphatic heterocycles. The van der Waals surface area contributed by atoms with E-state index >= 15 is 0 Å². The number of hydrogen-bond donors (Lipinski definition) is 0. The number of rotatable bonds is 3. The summed E-state index contributed by atoms with van der Waals surface area (Å²) in [6.07, 6.45) is 0. The summed E-state index contributed by atoms with van der Waals surface area (Å²) in [5, 5.41) is 4.55. The molecule has 0 atom stereocenters. The highest BCUT2D eigenvalue weighted by atomic mass is 19.1. The lowest BCUT2D eigenvalue weighted by Crippen LogP contribution is -2.09. The first kappa shape index (κ1) is 16.9. The minimum atomic E-state index is -0.522. The van der Waals surface area contributed by atoms with E-state index < -0.39 is 5.97 Å². The Balaban J connectivity index is 2.02. The Morgan fingerprint density at radius 2 is 1.74 bits per heavy atom. The number of aromatic nitrogens is 3. The minimum absolute atomic E-state index is 0.296. The molecule has 5 nitrogen and oxygen atoms in total. The number of pyridine rings is 1. The van der Waals surface area contributed by atoms with Gasteiger partial charge in [0.15, 0.2) is 11.5 Å². The molecule has 4 rings (SSSR count). The van der Waals surface area contributed by atoms with Crippen LogP contribution >= 0.6 is 0 Å². The van der Waals surface area contributed by atoms with Crippen LogP contribution in [-0.2, 0) is 4.74 Å². The van der Waals surface area contributed by atoms with Gasteiger partial charge in [-0.3, -0.25) is 0 Å². The maximum absolute atomic E-state index is 13.3. The third kappa shape index (κ3) is 2.95. The van der Waals surface area contributed by atoms with Crippen LogP contribution in [0.15, 0.2) is 60.7 Å². The lowest BCUT2D eigenvalue weighted by atomic mass is 10.00. The van der Waals surface area contributed by atoms with Crippen molar-refractivity contribution in [3.8, 4) is 22.5 Å². The third-order valence-corrected chi connectivity index (χ3v) is 4.36. The van der Waals surface area contributed by atoms with Crippen LogP contribution in [0.5, 0.6) is 0 Å². The van der Waals surface area contributed by atoms with Crippen LogP contribution < -0.4 is 0 Å². The van der Waals surface area contributed by atoms with Crippen LogP contribution in [-0.4, -0.2) is 27.7 Å². The number of halogens is 1. The number of nitrogens with zero attached hydrogens (tertiary/aromatic N) is 3. The fourth-order valence-corrected chi connectivity index (χ4v) is 3.05. The molecule has 0 amide bonds. The normalized spacial score (nSPS) is 10.9. The monoisotopic (exact) mass is 361 g/mol. The number of aryl methyl sites for hydroxylation is 1. The first-order valence-corrected chi connectivity index (χ1v) is 8.38. The molecular weight excluding hydrogens is 345 g/mol. The summed E-state index contributed by atoms with van der Waals surface area (Å²) in [4.78, 5) is 17.2. The smallest absolute Gasteiger partial charge is 0.342 e. The van der Waals surface area contributed by atoms with Gasteiger partial charge in [-0.15, -0.1) is 5.10 Å². The summed E-state index contributed by atoms with van der Waals surface area (Å²) in [6.45, 7) is 1.88. The van der Waals surface area contributed by atoms with Gasteiger partial charge >= 0.3 is 5.97 Å². The molecule has 0 bridgehead atoms. The second-order valence-electron chi connectivity index (χ2n) is 6.11. The number of fused-ring (bicyclic) bond motifs is 1. The fraction of sp³-hybridized carbons (Fsp3) is 0.0952. The molecule has 0 N–H and O–H groups in total. The van der Waals surface area contributed by atoms with E-state index in [1.807, 2.05) is 43.3 Å². The van der Waals surface area contributed by atoms with Crippen LogP contribution in [0, 0.1) is 12.7 Å². The van der Waals surface area contributed by atoms with Gasteiger partial charge in [-0.2, -0.15) is 0 Å². The Kier molecular flexibility index (Phi) is 4.16. The SMILES string of the molecule is COC(=O)c1c(-c2ccc(F)cc2)cc(C)n2nc(-c3ccccc3)nc12. The summed E-state index contributed by atoms with van der Waals surface area (Å²) in [6, 6.07) is 17.3. The van der Waals surface area contributed by atoms with Crippen LogP contribution in [0.2, 0.25) is 0 Å². The zero-order valence-electron chi connectivity index (χ0n) is 14.8. The molecule has 0 spiro atoms. The fourth-order valence-electron chi connectivity index (χ4n) is 3.05. The Hall–Kier alpha value is -3.54. The summed E-state index contributed by atoms with van der Waals surface area (Å²) in [7, 11) is 1.32. The van der Waals surface area contributed by atoms with Crippen molar-refractivity contribution in [2.24, 2.45) is 0 Å². The van der Waals surface area contributed by atoms with Crippen LogP contribution in [0.4, 0.5) is 4.39 Å². The molecule has 0 radical (unpaired) electrons. The molecule has 2 aromatic carbocycles. The lowest BCUT2D eigenvalue weighted by Gasteiger charge is -2.11. The van der Waals surface area contributed by atoms with E-state index in [1.165, 1.54) is 19.2 Å². The molecule has 27 heavy (non-hydrogen) atoms. The molecule has 0 fully saturated rings. The van der Waals surface area contributed by atoms with E-state index in [0.29, 0.717) is 28.2 Å².